The van der Waals surface area contributed by atoms with Gasteiger partial charge in [-0.3, -0.25) is 19.3 Å². The minimum atomic E-state index is -1.32. The van der Waals surface area contributed by atoms with Crippen LogP contribution in [-0.2, 0) is 28.8 Å². The first-order valence-electron chi connectivity index (χ1n) is 9.00. The molecule has 0 saturated carbocycles. The number of thioether (sulfide) groups is 1. The molecule has 2 aliphatic heterocycles. The summed E-state index contributed by atoms with van der Waals surface area (Å²) in [6.07, 6.45) is 0. The molecule has 12 nitrogen and oxygen atoms in total. The molecule has 1 aromatic heterocycles. The van der Waals surface area contributed by atoms with Crippen LogP contribution in [0.25, 0.3) is 0 Å². The van der Waals surface area contributed by atoms with Gasteiger partial charge in [0.15, 0.2) is 10.8 Å². The monoisotopic (exact) mass is 469 g/mol. The third kappa shape index (κ3) is 4.64. The lowest BCUT2D eigenvalue weighted by Gasteiger charge is -2.49. The summed E-state index contributed by atoms with van der Waals surface area (Å²) >= 11 is 2.37. The Hall–Kier alpha value is -3.13. The van der Waals surface area contributed by atoms with Gasteiger partial charge in [0.2, 0.25) is 0 Å². The van der Waals surface area contributed by atoms with Crippen molar-refractivity contribution in [2.45, 2.75) is 25.3 Å². The lowest BCUT2D eigenvalue weighted by atomic mass is 10.0. The minimum Gasteiger partial charge on any atom is -0.477 e. The number of β-lactam (4-membered cyclic amide) rings is 1. The zero-order chi connectivity index (χ0) is 22.7. The van der Waals surface area contributed by atoms with Crippen molar-refractivity contribution in [1.29, 1.82) is 0 Å². The summed E-state index contributed by atoms with van der Waals surface area (Å²) in [6.45, 7) is 2.88. The summed E-state index contributed by atoms with van der Waals surface area (Å²) < 4.78 is 4.89. The zero-order valence-corrected chi connectivity index (χ0v) is 18.1. The Labute approximate surface area is 184 Å². The Morgan fingerprint density at radius 3 is 2.77 bits per heavy atom. The van der Waals surface area contributed by atoms with Crippen LogP contribution >= 0.6 is 23.1 Å². The third-order valence-electron chi connectivity index (χ3n) is 4.25. The molecule has 0 spiro atoms. The molecule has 4 N–H and O–H groups in total. The lowest BCUT2D eigenvalue weighted by molar-refractivity contribution is -0.150. The molecule has 2 atom stereocenters. The van der Waals surface area contributed by atoms with E-state index in [4.69, 9.17) is 15.3 Å². The molecule has 14 heteroatoms. The van der Waals surface area contributed by atoms with Crippen molar-refractivity contribution in [3.63, 3.8) is 0 Å². The van der Waals surface area contributed by atoms with E-state index in [1.807, 2.05) is 0 Å². The van der Waals surface area contributed by atoms with E-state index in [-0.39, 0.29) is 41.2 Å². The number of nitrogens with zero attached hydrogens (tertiary/aromatic N) is 3. The van der Waals surface area contributed by atoms with Gasteiger partial charge >= 0.3 is 11.9 Å². The number of amides is 2. The molecular formula is C17H19N5O7S2. The predicted octanol–water partition coefficient (Wildman–Crippen LogP) is -0.232. The highest BCUT2D eigenvalue weighted by molar-refractivity contribution is 8.00. The Morgan fingerprint density at radius 2 is 2.19 bits per heavy atom. The highest BCUT2D eigenvalue weighted by atomic mass is 32.2. The van der Waals surface area contributed by atoms with Crippen molar-refractivity contribution in [2.75, 3.05) is 24.7 Å². The van der Waals surface area contributed by atoms with E-state index < -0.39 is 35.2 Å². The number of carboxylic acid groups (broad SMARTS) is 1. The van der Waals surface area contributed by atoms with E-state index in [9.17, 15) is 24.3 Å². The SMILES string of the molecule is CCO/N=C(\C(=O)N[C@@H]1C(=O)N2C(C(=O)O)=C(COC(C)=O)CS[C@@H]12)c1csc(N)n1. The number of ether oxygens (including phenoxy) is 1. The molecule has 1 aromatic rings. The minimum absolute atomic E-state index is 0.147. The number of carbonyl (C=O) groups is 4. The van der Waals surface area contributed by atoms with Gasteiger partial charge in [0, 0.05) is 23.6 Å². The van der Waals surface area contributed by atoms with Crippen molar-refractivity contribution in [3.8, 4) is 0 Å². The van der Waals surface area contributed by atoms with E-state index >= 15 is 0 Å². The second kappa shape index (κ2) is 9.34. The smallest absolute Gasteiger partial charge is 0.352 e. The van der Waals surface area contributed by atoms with Crippen molar-refractivity contribution >= 4 is 57.7 Å². The summed E-state index contributed by atoms with van der Waals surface area (Å²) in [5.41, 5.74) is 5.73. The number of carboxylic acids is 1. The van der Waals surface area contributed by atoms with E-state index in [1.165, 1.54) is 24.1 Å². The first-order chi connectivity index (χ1) is 14.7. The number of nitrogens with two attached hydrogens (primary N) is 1. The summed E-state index contributed by atoms with van der Waals surface area (Å²) in [5, 5.41) is 17.1. The highest BCUT2D eigenvalue weighted by Crippen LogP contribution is 2.40. The maximum Gasteiger partial charge on any atom is 0.352 e. The fourth-order valence-corrected chi connectivity index (χ4v) is 4.80. The van der Waals surface area contributed by atoms with Gasteiger partial charge < -0.3 is 25.7 Å². The number of nitrogens with one attached hydrogen (secondary N) is 1. The predicted molar refractivity (Wildman–Crippen MR) is 111 cm³/mol. The Kier molecular flexibility index (Phi) is 6.80. The number of hydrogen-bond donors (Lipinski definition) is 3. The summed E-state index contributed by atoms with van der Waals surface area (Å²) in [7, 11) is 0. The van der Waals surface area contributed by atoms with Gasteiger partial charge in [-0.1, -0.05) is 5.16 Å². The van der Waals surface area contributed by atoms with Crippen molar-refractivity contribution in [2.24, 2.45) is 5.16 Å². The highest BCUT2D eigenvalue weighted by Gasteiger charge is 2.54. The van der Waals surface area contributed by atoms with Gasteiger partial charge in [-0.05, 0) is 6.92 Å². The van der Waals surface area contributed by atoms with E-state index in [2.05, 4.69) is 15.5 Å². The van der Waals surface area contributed by atoms with Crippen LogP contribution in [0.3, 0.4) is 0 Å². The second-order valence-electron chi connectivity index (χ2n) is 6.33. The van der Waals surface area contributed by atoms with Crippen molar-refractivity contribution in [1.82, 2.24) is 15.2 Å². The Bertz CT molecular complexity index is 989. The molecule has 3 rings (SSSR count). The standard InChI is InChI=1S/C17H19N5O7S2/c1-3-29-21-10(9-6-31-17(18)19-9)13(24)20-11-14(25)22-12(16(26)27)8(4-28-7(2)23)5-30-15(11)22/h6,11,15H,3-5H2,1-2H3,(H2,18,19)(H,20,24)(H,26,27)/b21-10-/t11-,15+/m1/s1. The fourth-order valence-electron chi connectivity index (χ4n) is 2.92. The number of esters is 1. The van der Waals surface area contributed by atoms with Crippen molar-refractivity contribution < 1.29 is 33.9 Å². The van der Waals surface area contributed by atoms with E-state index in [0.717, 1.165) is 16.2 Å². The van der Waals surface area contributed by atoms with Crippen LogP contribution in [-0.4, -0.2) is 74.8 Å². The molecule has 0 bridgehead atoms. The molecular weight excluding hydrogens is 450 g/mol. The number of hydrogen-bond acceptors (Lipinski definition) is 11. The molecule has 166 valence electrons. The van der Waals surface area contributed by atoms with Crippen molar-refractivity contribution in [3.05, 3.63) is 22.3 Å². The number of oxime groups is 1. The third-order valence-corrected chi connectivity index (χ3v) is 6.26. The van der Waals surface area contributed by atoms with Crippen LogP contribution in [0.5, 0.6) is 0 Å². The summed E-state index contributed by atoms with van der Waals surface area (Å²) in [4.78, 5) is 58.3. The number of anilines is 1. The van der Waals surface area contributed by atoms with Gasteiger partial charge in [-0.15, -0.1) is 23.1 Å². The molecule has 0 unspecified atom stereocenters. The molecule has 1 fully saturated rings. The molecule has 0 aromatic carbocycles. The first kappa shape index (κ1) is 22.6. The molecule has 2 aliphatic rings. The molecule has 31 heavy (non-hydrogen) atoms. The number of aliphatic carboxylic acids is 1. The molecule has 2 amide bonds. The maximum atomic E-state index is 12.8. The largest absolute Gasteiger partial charge is 0.477 e. The molecule has 1 saturated heterocycles. The number of carbonyl (C=O) groups excluding carboxylic acids is 3. The number of aromatic nitrogens is 1. The van der Waals surface area contributed by atoms with Crippen LogP contribution in [0.15, 0.2) is 21.8 Å². The second-order valence-corrected chi connectivity index (χ2v) is 8.32. The van der Waals surface area contributed by atoms with Gasteiger partial charge in [0.05, 0.1) is 0 Å². The van der Waals surface area contributed by atoms with Gasteiger partial charge in [-0.2, -0.15) is 0 Å². The fraction of sp³-hybridized carbons (Fsp3) is 0.412. The average Bonchev–Trinajstić information content (AvgIpc) is 3.15. The molecule has 0 aliphatic carbocycles. The molecule has 3 heterocycles. The van der Waals surface area contributed by atoms with E-state index in [1.54, 1.807) is 6.92 Å². The van der Waals surface area contributed by atoms with Gasteiger partial charge in [-0.25, -0.2) is 9.78 Å². The summed E-state index contributed by atoms with van der Waals surface area (Å²) in [5.74, 6) is -2.96. The topological polar surface area (TPSA) is 174 Å². The summed E-state index contributed by atoms with van der Waals surface area (Å²) in [6, 6.07) is -0.968. The van der Waals surface area contributed by atoms with Crippen LogP contribution < -0.4 is 11.1 Å². The number of fused-ring (bicyclic) bond motifs is 1. The molecule has 0 radical (unpaired) electrons. The Balaban J connectivity index is 1.78. The number of nitrogen functional groups attached to an aromatic ring is 1. The van der Waals surface area contributed by atoms with Crippen LogP contribution in [0.1, 0.15) is 19.5 Å². The van der Waals surface area contributed by atoms with Gasteiger partial charge in [0.1, 0.15) is 36.0 Å². The number of rotatable bonds is 8. The first-order valence-corrected chi connectivity index (χ1v) is 10.9. The quantitative estimate of drug-likeness (QED) is 0.200. The normalized spacial score (nSPS) is 20.6. The van der Waals surface area contributed by atoms with E-state index in [0.29, 0.717) is 5.57 Å². The number of thiazole rings is 1. The van der Waals surface area contributed by atoms with Crippen LogP contribution in [0.4, 0.5) is 5.13 Å². The maximum absolute atomic E-state index is 12.8. The zero-order valence-electron chi connectivity index (χ0n) is 16.5. The Morgan fingerprint density at radius 1 is 1.45 bits per heavy atom. The average molecular weight is 470 g/mol. The van der Waals surface area contributed by atoms with Gasteiger partial charge in [0.25, 0.3) is 11.8 Å². The lowest BCUT2D eigenvalue weighted by Crippen LogP contribution is -2.71. The van der Waals surface area contributed by atoms with Crippen LogP contribution in [0.2, 0.25) is 0 Å². The van der Waals surface area contributed by atoms with Crippen LogP contribution in [0, 0.1) is 0 Å².